The summed E-state index contributed by atoms with van der Waals surface area (Å²) in [5, 5.41) is 19.5. The molecule has 0 spiro atoms. The fraction of sp³-hybridized carbons (Fsp3) is 0. The molecule has 2 nitrogen and oxygen atoms in total. The van der Waals surface area contributed by atoms with E-state index in [9.17, 15) is 10.5 Å². The zero-order chi connectivity index (χ0) is 27.3. The largest absolute Gasteiger partial charge is 0.192 e. The Hall–Kier alpha value is -5.70. The van der Waals surface area contributed by atoms with Gasteiger partial charge >= 0.3 is 0 Å². The maximum Gasteiger partial charge on any atom is 0.0998 e. The number of hydrogen-bond donors (Lipinski definition) is 0. The van der Waals surface area contributed by atoms with Gasteiger partial charge in [0.15, 0.2) is 0 Å². The molecule has 6 aromatic rings. The summed E-state index contributed by atoms with van der Waals surface area (Å²) in [5.74, 6) is 0. The monoisotopic (exact) mass is 508 g/mol. The third-order valence-corrected chi connectivity index (χ3v) is 7.14. The van der Waals surface area contributed by atoms with E-state index in [1.165, 1.54) is 0 Å². The van der Waals surface area contributed by atoms with E-state index in [4.69, 9.17) is 0 Å². The number of nitrogens with zero attached hydrogens (tertiary/aromatic N) is 2. The average molecular weight is 509 g/mol. The highest BCUT2D eigenvalue weighted by atomic mass is 14.3. The second-order valence-corrected chi connectivity index (χ2v) is 9.67. The van der Waals surface area contributed by atoms with Crippen molar-refractivity contribution in [2.75, 3.05) is 0 Å². The molecule has 0 heterocycles. The van der Waals surface area contributed by atoms with Crippen LogP contribution in [0.3, 0.4) is 0 Å². The lowest BCUT2D eigenvalue weighted by molar-refractivity contribution is 1.47. The molecule has 0 unspecified atom stereocenters. The van der Waals surface area contributed by atoms with Gasteiger partial charge < -0.3 is 0 Å². The summed E-state index contributed by atoms with van der Waals surface area (Å²) in [6.45, 7) is 0. The molecule has 0 saturated carbocycles. The second kappa shape index (κ2) is 11.0. The Balaban J connectivity index is 1.31. The van der Waals surface area contributed by atoms with Crippen molar-refractivity contribution < 1.29 is 0 Å². The Bertz CT molecular complexity index is 1890. The summed E-state index contributed by atoms with van der Waals surface area (Å²) >= 11 is 0. The molecular weight excluding hydrogens is 484 g/mol. The van der Waals surface area contributed by atoms with Crippen LogP contribution in [0.5, 0.6) is 0 Å². The zero-order valence-corrected chi connectivity index (χ0v) is 21.8. The van der Waals surface area contributed by atoms with Crippen molar-refractivity contribution in [1.29, 1.82) is 10.5 Å². The maximum absolute atomic E-state index is 9.81. The Labute approximate surface area is 234 Å². The average Bonchev–Trinajstić information content (AvgIpc) is 3.05. The van der Waals surface area contributed by atoms with Crippen LogP contribution in [0.4, 0.5) is 0 Å². The standard InChI is InChI=1S/C38H24N2/c39-25-27-20-35(28-8-3-1-4-9-28)24-36(21-27)33-13-7-12-32(22-33)29-14-16-30(17-15-29)34-18-19-38(37(23-34)26-40)31-10-5-2-6-11-31/h1-24H. The number of benzene rings is 6. The molecule has 0 amide bonds. The molecule has 2 heteroatoms. The van der Waals surface area contributed by atoms with Crippen LogP contribution in [0.25, 0.3) is 55.6 Å². The number of hydrogen-bond acceptors (Lipinski definition) is 2. The molecule has 0 aliphatic rings. The number of rotatable bonds is 5. The van der Waals surface area contributed by atoms with Gasteiger partial charge in [-0.25, -0.2) is 0 Å². The Morgan fingerprint density at radius 2 is 0.775 bits per heavy atom. The minimum Gasteiger partial charge on any atom is -0.192 e. The van der Waals surface area contributed by atoms with Gasteiger partial charge in [-0.3, -0.25) is 0 Å². The van der Waals surface area contributed by atoms with Crippen molar-refractivity contribution in [2.45, 2.75) is 0 Å². The molecule has 0 fully saturated rings. The van der Waals surface area contributed by atoms with Crippen LogP contribution in [0.2, 0.25) is 0 Å². The SMILES string of the molecule is N#Cc1cc(-c2ccccc2)cc(-c2cccc(-c3ccc(-c4ccc(-c5ccccc5)c(C#N)c4)cc3)c2)c1. The van der Waals surface area contributed by atoms with E-state index >= 15 is 0 Å². The van der Waals surface area contributed by atoms with Gasteiger partial charge in [0, 0.05) is 0 Å². The van der Waals surface area contributed by atoms with Crippen molar-refractivity contribution in [3.05, 3.63) is 157 Å². The summed E-state index contributed by atoms with van der Waals surface area (Å²) in [6.07, 6.45) is 0. The highest BCUT2D eigenvalue weighted by molar-refractivity contribution is 5.80. The first-order valence-electron chi connectivity index (χ1n) is 13.1. The van der Waals surface area contributed by atoms with Gasteiger partial charge in [-0.2, -0.15) is 10.5 Å². The molecule has 0 aromatic heterocycles. The lowest BCUT2D eigenvalue weighted by atomic mass is 9.93. The first-order chi connectivity index (χ1) is 19.7. The normalized spacial score (nSPS) is 10.4. The van der Waals surface area contributed by atoms with E-state index in [1.807, 2.05) is 72.8 Å². The van der Waals surface area contributed by atoms with Gasteiger partial charge in [-0.1, -0.05) is 115 Å². The van der Waals surface area contributed by atoms with Crippen LogP contribution in [0, 0.1) is 22.7 Å². The first-order valence-corrected chi connectivity index (χ1v) is 13.1. The van der Waals surface area contributed by atoms with E-state index in [0.29, 0.717) is 11.1 Å². The van der Waals surface area contributed by atoms with Crippen molar-refractivity contribution in [3.63, 3.8) is 0 Å². The quantitative estimate of drug-likeness (QED) is 0.233. The van der Waals surface area contributed by atoms with Crippen LogP contribution >= 0.6 is 0 Å². The van der Waals surface area contributed by atoms with E-state index in [-0.39, 0.29) is 0 Å². The third-order valence-electron chi connectivity index (χ3n) is 7.14. The highest BCUT2D eigenvalue weighted by Crippen LogP contribution is 2.33. The predicted octanol–water partition coefficient (Wildman–Crippen LogP) is 9.76. The minimum absolute atomic E-state index is 0.640. The van der Waals surface area contributed by atoms with Gasteiger partial charge in [0.05, 0.1) is 23.3 Å². The van der Waals surface area contributed by atoms with Crippen LogP contribution in [0.15, 0.2) is 146 Å². The lowest BCUT2D eigenvalue weighted by Gasteiger charge is -2.11. The van der Waals surface area contributed by atoms with Crippen LogP contribution < -0.4 is 0 Å². The Morgan fingerprint density at radius 3 is 1.38 bits per heavy atom. The highest BCUT2D eigenvalue weighted by Gasteiger charge is 2.09. The molecule has 0 aliphatic carbocycles. The van der Waals surface area contributed by atoms with E-state index in [2.05, 4.69) is 84.9 Å². The summed E-state index contributed by atoms with van der Waals surface area (Å²) in [4.78, 5) is 0. The maximum atomic E-state index is 9.81. The van der Waals surface area contributed by atoms with Crippen LogP contribution in [-0.2, 0) is 0 Å². The third kappa shape index (κ3) is 5.03. The number of nitriles is 2. The van der Waals surface area contributed by atoms with Crippen molar-refractivity contribution in [1.82, 2.24) is 0 Å². The van der Waals surface area contributed by atoms with Crippen molar-refractivity contribution in [2.24, 2.45) is 0 Å². The van der Waals surface area contributed by atoms with Gasteiger partial charge in [0.25, 0.3) is 0 Å². The minimum atomic E-state index is 0.640. The Kier molecular flexibility index (Phi) is 6.75. The molecular formula is C38H24N2. The molecule has 0 atom stereocenters. The molecule has 186 valence electrons. The molecule has 6 aromatic carbocycles. The zero-order valence-electron chi connectivity index (χ0n) is 21.8. The molecule has 6 rings (SSSR count). The van der Waals surface area contributed by atoms with Crippen LogP contribution in [0.1, 0.15) is 11.1 Å². The fourth-order valence-electron chi connectivity index (χ4n) is 5.08. The molecule has 0 aliphatic heterocycles. The fourth-order valence-corrected chi connectivity index (χ4v) is 5.08. The molecule has 0 saturated heterocycles. The van der Waals surface area contributed by atoms with E-state index < -0.39 is 0 Å². The lowest BCUT2D eigenvalue weighted by Crippen LogP contribution is -1.88. The van der Waals surface area contributed by atoms with Crippen molar-refractivity contribution in [3.8, 4) is 67.8 Å². The Morgan fingerprint density at radius 1 is 0.325 bits per heavy atom. The summed E-state index contributed by atoms with van der Waals surface area (Å²) in [6, 6.07) is 53.8. The summed E-state index contributed by atoms with van der Waals surface area (Å²) in [7, 11) is 0. The predicted molar refractivity (Wildman–Crippen MR) is 163 cm³/mol. The molecule has 0 radical (unpaired) electrons. The first kappa shape index (κ1) is 24.6. The van der Waals surface area contributed by atoms with E-state index in [1.54, 1.807) is 0 Å². The van der Waals surface area contributed by atoms with Gasteiger partial charge in [-0.05, 0) is 86.0 Å². The molecule has 40 heavy (non-hydrogen) atoms. The topological polar surface area (TPSA) is 47.6 Å². The van der Waals surface area contributed by atoms with Crippen molar-refractivity contribution >= 4 is 0 Å². The molecule has 0 bridgehead atoms. The summed E-state index contributed by atoms with van der Waals surface area (Å²) in [5.41, 5.74) is 11.7. The van der Waals surface area contributed by atoms with Gasteiger partial charge in [0.1, 0.15) is 0 Å². The smallest absolute Gasteiger partial charge is 0.0998 e. The van der Waals surface area contributed by atoms with Crippen LogP contribution in [-0.4, -0.2) is 0 Å². The summed E-state index contributed by atoms with van der Waals surface area (Å²) < 4.78 is 0. The second-order valence-electron chi connectivity index (χ2n) is 9.67. The van der Waals surface area contributed by atoms with Gasteiger partial charge in [-0.15, -0.1) is 0 Å². The van der Waals surface area contributed by atoms with E-state index in [0.717, 1.165) is 55.6 Å². The van der Waals surface area contributed by atoms with Gasteiger partial charge in [0.2, 0.25) is 0 Å². The molecule has 0 N–H and O–H groups in total.